The van der Waals surface area contributed by atoms with Crippen LogP contribution >= 0.6 is 0 Å². The Labute approximate surface area is 192 Å². The number of carbonyl (C=O) groups is 1. The molecular formula is C25H28N4O4. The number of aromatic nitrogens is 3. The monoisotopic (exact) mass is 448 g/mol. The lowest BCUT2D eigenvalue weighted by Gasteiger charge is -2.24. The smallest absolute Gasteiger partial charge is 0.302 e. The van der Waals surface area contributed by atoms with Crippen LogP contribution in [0.15, 0.2) is 41.2 Å². The number of hydrogen-bond acceptors (Lipinski definition) is 7. The van der Waals surface area contributed by atoms with Gasteiger partial charge in [0.05, 0.1) is 24.5 Å². The summed E-state index contributed by atoms with van der Waals surface area (Å²) in [7, 11) is 3.26. The molecule has 172 valence electrons. The van der Waals surface area contributed by atoms with E-state index < -0.39 is 6.10 Å². The predicted octanol–water partition coefficient (Wildman–Crippen LogP) is 3.36. The zero-order valence-corrected chi connectivity index (χ0v) is 19.5. The van der Waals surface area contributed by atoms with Gasteiger partial charge in [0.25, 0.3) is 5.56 Å². The van der Waals surface area contributed by atoms with Crippen molar-refractivity contribution in [1.29, 1.82) is 0 Å². The third-order valence-electron chi connectivity index (χ3n) is 6.01. The first-order valence-electron chi connectivity index (χ1n) is 11.0. The van der Waals surface area contributed by atoms with Gasteiger partial charge in [0.2, 0.25) is 5.88 Å². The van der Waals surface area contributed by atoms with Gasteiger partial charge in [-0.15, -0.1) is 0 Å². The first-order chi connectivity index (χ1) is 15.8. The fraction of sp³-hybridized carbons (Fsp3) is 0.360. The summed E-state index contributed by atoms with van der Waals surface area (Å²) in [6, 6.07) is 11.2. The second-order valence-electron chi connectivity index (χ2n) is 8.13. The summed E-state index contributed by atoms with van der Waals surface area (Å²) >= 11 is 0. The summed E-state index contributed by atoms with van der Waals surface area (Å²) in [5, 5.41) is 3.38. The molecule has 1 N–H and O–H groups in total. The molecule has 0 bridgehead atoms. The van der Waals surface area contributed by atoms with E-state index in [2.05, 4.69) is 10.3 Å². The Bertz CT molecular complexity index is 1270. The van der Waals surface area contributed by atoms with Crippen molar-refractivity contribution in [1.82, 2.24) is 14.5 Å². The number of benzene rings is 1. The Morgan fingerprint density at radius 3 is 2.64 bits per heavy atom. The average Bonchev–Trinajstić information content (AvgIpc) is 3.13. The van der Waals surface area contributed by atoms with Crippen LogP contribution in [-0.4, -0.2) is 33.7 Å². The molecule has 2 atom stereocenters. The highest BCUT2D eigenvalue weighted by atomic mass is 16.5. The fourth-order valence-corrected chi connectivity index (χ4v) is 4.38. The maximum absolute atomic E-state index is 13.5. The Balaban J connectivity index is 1.78. The normalized spacial score (nSPS) is 16.9. The van der Waals surface area contributed by atoms with Crippen molar-refractivity contribution in [2.24, 2.45) is 7.05 Å². The molecule has 0 saturated heterocycles. The van der Waals surface area contributed by atoms with Crippen molar-refractivity contribution in [3.63, 3.8) is 0 Å². The van der Waals surface area contributed by atoms with E-state index in [1.165, 1.54) is 11.5 Å². The first kappa shape index (κ1) is 22.5. The number of pyridine rings is 1. The predicted molar refractivity (Wildman–Crippen MR) is 125 cm³/mol. The number of aryl methyl sites for hydroxylation is 2. The third-order valence-corrected chi connectivity index (χ3v) is 6.01. The number of ether oxygens (including phenoxy) is 2. The lowest BCUT2D eigenvalue weighted by Crippen LogP contribution is -2.32. The van der Waals surface area contributed by atoms with Gasteiger partial charge >= 0.3 is 5.97 Å². The van der Waals surface area contributed by atoms with E-state index in [0.29, 0.717) is 35.9 Å². The number of hydrogen-bond donors (Lipinski definition) is 1. The van der Waals surface area contributed by atoms with Crippen molar-refractivity contribution < 1.29 is 14.3 Å². The Kier molecular flexibility index (Phi) is 6.18. The molecule has 2 aromatic heterocycles. The van der Waals surface area contributed by atoms with Crippen LogP contribution in [0.2, 0.25) is 0 Å². The van der Waals surface area contributed by atoms with Crippen LogP contribution in [0.5, 0.6) is 5.88 Å². The summed E-state index contributed by atoms with van der Waals surface area (Å²) in [6.45, 7) is 5.22. The standard InChI is InChI=1S/C25H28N4O4/c1-6-19-23(28-22-18-10-8-7-9-16(18)13-20(22)33-15(3)30)25(31)29(4)24(27-19)17-11-12-21(32-5)26-14(17)2/h7-12,20,22,28H,6,13H2,1-5H3/t20-,22+/m0/s1. The van der Waals surface area contributed by atoms with Gasteiger partial charge in [0.1, 0.15) is 17.6 Å². The average molecular weight is 449 g/mol. The summed E-state index contributed by atoms with van der Waals surface area (Å²) in [6.07, 6.45) is 0.750. The molecule has 1 aliphatic rings. The number of nitrogens with one attached hydrogen (secondary N) is 1. The molecule has 0 saturated carbocycles. The molecule has 8 heteroatoms. The van der Waals surface area contributed by atoms with Crippen molar-refractivity contribution >= 4 is 11.7 Å². The van der Waals surface area contributed by atoms with E-state index >= 15 is 0 Å². The molecule has 4 rings (SSSR count). The Hall–Kier alpha value is -3.68. The summed E-state index contributed by atoms with van der Waals surface area (Å²) in [4.78, 5) is 34.5. The Morgan fingerprint density at radius 2 is 1.97 bits per heavy atom. The summed E-state index contributed by atoms with van der Waals surface area (Å²) < 4.78 is 12.3. The minimum Gasteiger partial charge on any atom is -0.481 e. The van der Waals surface area contributed by atoms with Gasteiger partial charge in [-0.2, -0.15) is 0 Å². The number of fused-ring (bicyclic) bond motifs is 1. The van der Waals surface area contributed by atoms with Gasteiger partial charge in [0.15, 0.2) is 0 Å². The van der Waals surface area contributed by atoms with Gasteiger partial charge < -0.3 is 14.8 Å². The summed E-state index contributed by atoms with van der Waals surface area (Å²) in [5.41, 5.74) is 4.47. The van der Waals surface area contributed by atoms with Crippen LogP contribution in [0.4, 0.5) is 5.69 Å². The number of anilines is 1. The topological polar surface area (TPSA) is 95.3 Å². The first-order valence-corrected chi connectivity index (χ1v) is 11.0. The van der Waals surface area contributed by atoms with Gasteiger partial charge in [0, 0.05) is 32.0 Å². The SMILES string of the molecule is CCc1nc(-c2ccc(OC)nc2C)n(C)c(=O)c1N[C@@H]1c2ccccc2C[C@@H]1OC(C)=O. The zero-order chi connectivity index (χ0) is 23.7. The molecule has 0 radical (unpaired) electrons. The molecular weight excluding hydrogens is 420 g/mol. The van der Waals surface area contributed by atoms with Crippen LogP contribution in [0, 0.1) is 6.92 Å². The van der Waals surface area contributed by atoms with E-state index in [0.717, 1.165) is 22.4 Å². The van der Waals surface area contributed by atoms with E-state index in [1.807, 2.05) is 44.2 Å². The molecule has 8 nitrogen and oxygen atoms in total. The van der Waals surface area contributed by atoms with Gasteiger partial charge in [-0.1, -0.05) is 31.2 Å². The maximum Gasteiger partial charge on any atom is 0.302 e. The van der Waals surface area contributed by atoms with Gasteiger partial charge in [-0.05, 0) is 30.5 Å². The van der Waals surface area contributed by atoms with E-state index in [4.69, 9.17) is 14.5 Å². The maximum atomic E-state index is 13.5. The number of rotatable bonds is 6. The number of nitrogens with zero attached hydrogens (tertiary/aromatic N) is 3. The fourth-order valence-electron chi connectivity index (χ4n) is 4.38. The van der Waals surface area contributed by atoms with E-state index in [9.17, 15) is 9.59 Å². The van der Waals surface area contributed by atoms with Crippen LogP contribution in [0.3, 0.4) is 0 Å². The highest BCUT2D eigenvalue weighted by Crippen LogP contribution is 2.36. The highest BCUT2D eigenvalue weighted by molar-refractivity contribution is 5.67. The lowest BCUT2D eigenvalue weighted by molar-refractivity contribution is -0.146. The third kappa shape index (κ3) is 4.20. The molecule has 1 aliphatic carbocycles. The van der Waals surface area contributed by atoms with Crippen LogP contribution in [0.1, 0.15) is 42.4 Å². The molecule has 2 heterocycles. The van der Waals surface area contributed by atoms with Crippen molar-refractivity contribution in [2.75, 3.05) is 12.4 Å². The van der Waals surface area contributed by atoms with E-state index in [-0.39, 0.29) is 17.6 Å². The second-order valence-corrected chi connectivity index (χ2v) is 8.13. The van der Waals surface area contributed by atoms with Gasteiger partial charge in [-0.25, -0.2) is 9.97 Å². The van der Waals surface area contributed by atoms with Crippen molar-refractivity contribution in [3.05, 3.63) is 69.3 Å². The number of esters is 1. The minimum absolute atomic E-state index is 0.196. The molecule has 1 aromatic carbocycles. The van der Waals surface area contributed by atoms with Crippen molar-refractivity contribution in [2.45, 2.75) is 45.8 Å². The second kappa shape index (κ2) is 9.05. The molecule has 3 aromatic rings. The van der Waals surface area contributed by atoms with Crippen LogP contribution in [0.25, 0.3) is 11.4 Å². The minimum atomic E-state index is -0.401. The Morgan fingerprint density at radius 1 is 1.21 bits per heavy atom. The molecule has 0 spiro atoms. The van der Waals surface area contributed by atoms with E-state index in [1.54, 1.807) is 20.2 Å². The molecule has 0 aliphatic heterocycles. The lowest BCUT2D eigenvalue weighted by atomic mass is 10.1. The van der Waals surface area contributed by atoms with Crippen molar-refractivity contribution in [3.8, 4) is 17.3 Å². The number of carbonyl (C=O) groups excluding carboxylic acids is 1. The highest BCUT2D eigenvalue weighted by Gasteiger charge is 2.35. The summed E-state index contributed by atoms with van der Waals surface area (Å²) in [5.74, 6) is 0.698. The largest absolute Gasteiger partial charge is 0.481 e. The number of methoxy groups -OCH3 is 1. The quantitative estimate of drug-likeness (QED) is 0.578. The molecule has 0 unspecified atom stereocenters. The van der Waals surface area contributed by atoms with Gasteiger partial charge in [-0.3, -0.25) is 14.2 Å². The molecule has 33 heavy (non-hydrogen) atoms. The van der Waals surface area contributed by atoms with Crippen LogP contribution in [-0.2, 0) is 29.4 Å². The zero-order valence-electron chi connectivity index (χ0n) is 19.5. The molecule has 0 amide bonds. The van der Waals surface area contributed by atoms with Crippen LogP contribution < -0.4 is 15.6 Å². The molecule has 0 fully saturated rings.